The molecule has 23 heavy (non-hydrogen) atoms. The van der Waals surface area contributed by atoms with E-state index in [-0.39, 0.29) is 10.9 Å². The lowest BCUT2D eigenvalue weighted by Gasteiger charge is -2.16. The second kappa shape index (κ2) is 8.63. The Labute approximate surface area is 163 Å². The zero-order valence-corrected chi connectivity index (χ0v) is 17.1. The summed E-state index contributed by atoms with van der Waals surface area (Å²) in [5.41, 5.74) is 0.0608. The third-order valence-electron chi connectivity index (χ3n) is 2.50. The summed E-state index contributed by atoms with van der Waals surface area (Å²) in [5, 5.41) is 1.32. The number of carbonyl (C=O) groups excluding carboxylic acids is 1. The van der Waals surface area contributed by atoms with Gasteiger partial charge in [0.2, 0.25) is 0 Å². The van der Waals surface area contributed by atoms with Crippen LogP contribution in [0.3, 0.4) is 0 Å². The average molecular weight is 459 g/mol. The summed E-state index contributed by atoms with van der Waals surface area (Å²) in [6.45, 7) is 5.54. The lowest BCUT2D eigenvalue weighted by atomic mass is 9.87. The molecule has 0 aliphatic rings. The first-order valence-electron chi connectivity index (χ1n) is 6.34. The van der Waals surface area contributed by atoms with Gasteiger partial charge in [-0.2, -0.15) is 0 Å². The number of Topliss-reactive ketones (excluding diaryl/α,β-unsaturated/α-hetero) is 1. The van der Waals surface area contributed by atoms with Crippen LogP contribution in [0.4, 0.5) is 0 Å². The molecule has 3 nitrogen and oxygen atoms in total. The Morgan fingerprint density at radius 1 is 0.957 bits per heavy atom. The number of halogens is 5. The number of hydrogen-bond acceptors (Lipinski definition) is 3. The quantitative estimate of drug-likeness (QED) is 0.350. The van der Waals surface area contributed by atoms with Gasteiger partial charge in [-0.15, -0.1) is 0 Å². The normalized spacial score (nSPS) is 10.8. The highest BCUT2D eigenvalue weighted by Gasteiger charge is 2.23. The highest BCUT2D eigenvalue weighted by molar-refractivity contribution is 9.10. The SMILES string of the molecule is CC(C)(C)C(=O)c1cnc(Cl)c(Cl)c1.Clc1cc(Br)cnc1Cl. The Bertz CT molecular complexity index is 717. The lowest BCUT2D eigenvalue weighted by molar-refractivity contribution is 0.0858. The van der Waals surface area contributed by atoms with Gasteiger partial charge in [-0.3, -0.25) is 4.79 Å². The van der Waals surface area contributed by atoms with Gasteiger partial charge in [0.25, 0.3) is 0 Å². The van der Waals surface area contributed by atoms with Gasteiger partial charge in [0.05, 0.1) is 10.0 Å². The molecule has 0 aliphatic heterocycles. The van der Waals surface area contributed by atoms with E-state index in [0.717, 1.165) is 4.47 Å². The van der Waals surface area contributed by atoms with Gasteiger partial charge >= 0.3 is 0 Å². The van der Waals surface area contributed by atoms with E-state index >= 15 is 0 Å². The van der Waals surface area contributed by atoms with Crippen molar-refractivity contribution in [3.63, 3.8) is 0 Å². The number of nitrogens with zero attached hydrogens (tertiary/aromatic N) is 2. The molecule has 124 valence electrons. The Morgan fingerprint density at radius 3 is 1.83 bits per heavy atom. The van der Waals surface area contributed by atoms with E-state index in [9.17, 15) is 4.79 Å². The molecule has 2 rings (SSSR count). The van der Waals surface area contributed by atoms with Crippen molar-refractivity contribution in [1.29, 1.82) is 0 Å². The Morgan fingerprint density at radius 2 is 1.43 bits per heavy atom. The highest BCUT2D eigenvalue weighted by Crippen LogP contribution is 2.25. The first kappa shape index (κ1) is 20.7. The predicted octanol–water partition coefficient (Wildman–Crippen LogP) is 6.77. The number of ketones is 1. The summed E-state index contributed by atoms with van der Waals surface area (Å²) in [6, 6.07) is 3.24. The van der Waals surface area contributed by atoms with Crippen LogP contribution in [0.15, 0.2) is 29.0 Å². The summed E-state index contributed by atoms with van der Waals surface area (Å²) in [6.07, 6.45) is 3.04. The Balaban J connectivity index is 0.000000253. The van der Waals surface area contributed by atoms with E-state index in [4.69, 9.17) is 46.4 Å². The highest BCUT2D eigenvalue weighted by atomic mass is 79.9. The van der Waals surface area contributed by atoms with Crippen molar-refractivity contribution in [1.82, 2.24) is 9.97 Å². The van der Waals surface area contributed by atoms with Crippen molar-refractivity contribution in [2.45, 2.75) is 20.8 Å². The van der Waals surface area contributed by atoms with Gasteiger partial charge in [-0.25, -0.2) is 9.97 Å². The van der Waals surface area contributed by atoms with Crippen molar-refractivity contribution in [3.8, 4) is 0 Å². The third-order valence-corrected chi connectivity index (χ3v) is 4.31. The molecule has 0 saturated heterocycles. The average Bonchev–Trinajstić information content (AvgIpc) is 2.45. The number of pyridine rings is 2. The Kier molecular flexibility index (Phi) is 7.75. The number of hydrogen-bond donors (Lipinski definition) is 0. The minimum absolute atomic E-state index is 0.00330. The van der Waals surface area contributed by atoms with Crippen LogP contribution >= 0.6 is 62.3 Å². The Hall–Kier alpha value is -0.390. The summed E-state index contributed by atoms with van der Waals surface area (Å²) < 4.78 is 0.830. The molecule has 0 radical (unpaired) electrons. The predicted molar refractivity (Wildman–Crippen MR) is 100.0 cm³/mol. The monoisotopic (exact) mass is 456 g/mol. The van der Waals surface area contributed by atoms with Gasteiger partial charge in [0.15, 0.2) is 5.78 Å². The third kappa shape index (κ3) is 6.55. The maximum atomic E-state index is 11.8. The fourth-order valence-corrected chi connectivity index (χ4v) is 2.38. The molecule has 0 amide bonds. The summed E-state index contributed by atoms with van der Waals surface area (Å²) in [4.78, 5) is 19.4. The molecule has 8 heteroatoms. The van der Waals surface area contributed by atoms with Crippen LogP contribution in [0.25, 0.3) is 0 Å². The molecule has 0 unspecified atom stereocenters. The lowest BCUT2D eigenvalue weighted by Crippen LogP contribution is -2.20. The molecule has 2 aromatic rings. The smallest absolute Gasteiger partial charge is 0.169 e. The van der Waals surface area contributed by atoms with Crippen LogP contribution in [0.5, 0.6) is 0 Å². The molecule has 2 aromatic heterocycles. The van der Waals surface area contributed by atoms with Crippen molar-refractivity contribution in [3.05, 3.63) is 54.9 Å². The number of carbonyl (C=O) groups is 1. The largest absolute Gasteiger partial charge is 0.294 e. The second-order valence-corrected chi connectivity index (χ2v) is 7.95. The van der Waals surface area contributed by atoms with Crippen LogP contribution in [0.2, 0.25) is 20.4 Å². The van der Waals surface area contributed by atoms with Crippen molar-refractivity contribution in [2.75, 3.05) is 0 Å². The van der Waals surface area contributed by atoms with Gasteiger partial charge in [-0.05, 0) is 28.1 Å². The molecule has 0 spiro atoms. The van der Waals surface area contributed by atoms with Gasteiger partial charge < -0.3 is 0 Å². The molecule has 0 N–H and O–H groups in total. The molecule has 0 aliphatic carbocycles. The van der Waals surface area contributed by atoms with Gasteiger partial charge in [0, 0.05) is 27.8 Å². The minimum Gasteiger partial charge on any atom is -0.294 e. The second-order valence-electron chi connectivity index (χ2n) is 5.50. The van der Waals surface area contributed by atoms with E-state index in [1.54, 1.807) is 18.3 Å². The molecule has 0 fully saturated rings. The summed E-state index contributed by atoms with van der Waals surface area (Å²) in [5.74, 6) is 0.00330. The molecule has 0 saturated carbocycles. The van der Waals surface area contributed by atoms with Crippen molar-refractivity contribution < 1.29 is 4.79 Å². The maximum Gasteiger partial charge on any atom is 0.169 e. The molecule has 0 bridgehead atoms. The summed E-state index contributed by atoms with van der Waals surface area (Å²) >= 11 is 25.7. The zero-order chi connectivity index (χ0) is 17.8. The maximum absolute atomic E-state index is 11.8. The van der Waals surface area contributed by atoms with E-state index in [1.165, 1.54) is 6.20 Å². The fourth-order valence-electron chi connectivity index (χ4n) is 1.38. The van der Waals surface area contributed by atoms with E-state index in [1.807, 2.05) is 20.8 Å². The number of aromatic nitrogens is 2. The van der Waals surface area contributed by atoms with E-state index in [2.05, 4.69) is 25.9 Å². The molecular weight excluding hydrogens is 446 g/mol. The van der Waals surface area contributed by atoms with Crippen LogP contribution in [-0.2, 0) is 0 Å². The van der Waals surface area contributed by atoms with Crippen LogP contribution in [0.1, 0.15) is 31.1 Å². The molecule has 0 aromatic carbocycles. The molecular formula is C15H13BrCl4N2O. The molecule has 2 heterocycles. The topological polar surface area (TPSA) is 42.9 Å². The molecule has 0 atom stereocenters. The first-order chi connectivity index (χ1) is 10.5. The van der Waals surface area contributed by atoms with E-state index < -0.39 is 5.41 Å². The standard InChI is InChI=1S/C10H11Cl2NO.C5H2BrCl2N/c1-10(2,3)8(14)6-4-7(11)9(12)13-5-6;6-3-1-4(7)5(8)9-2-3/h4-5H,1-3H3;1-2H. The first-order valence-corrected chi connectivity index (χ1v) is 8.65. The van der Waals surface area contributed by atoms with Gasteiger partial charge in [0.1, 0.15) is 10.3 Å². The van der Waals surface area contributed by atoms with Crippen LogP contribution < -0.4 is 0 Å². The fraction of sp³-hybridized carbons (Fsp3) is 0.267. The number of rotatable bonds is 1. The van der Waals surface area contributed by atoms with Crippen LogP contribution in [-0.4, -0.2) is 15.8 Å². The van der Waals surface area contributed by atoms with Crippen molar-refractivity contribution >= 4 is 68.1 Å². The summed E-state index contributed by atoms with van der Waals surface area (Å²) in [7, 11) is 0. The zero-order valence-electron chi connectivity index (χ0n) is 12.5. The van der Waals surface area contributed by atoms with Crippen molar-refractivity contribution in [2.24, 2.45) is 5.41 Å². The van der Waals surface area contributed by atoms with Gasteiger partial charge in [-0.1, -0.05) is 67.2 Å². The van der Waals surface area contributed by atoms with Crippen LogP contribution in [0, 0.1) is 5.41 Å². The minimum atomic E-state index is -0.432. The van der Waals surface area contributed by atoms with E-state index in [0.29, 0.717) is 20.8 Å².